The first-order valence-corrected chi connectivity index (χ1v) is 10.2. The van der Waals surface area contributed by atoms with Gasteiger partial charge in [0.15, 0.2) is 23.0 Å². The highest BCUT2D eigenvalue weighted by atomic mass is 16.6. The molecule has 1 aliphatic rings. The Labute approximate surface area is 186 Å². The quantitative estimate of drug-likeness (QED) is 0.409. The van der Waals surface area contributed by atoms with Gasteiger partial charge in [0.1, 0.15) is 13.2 Å². The summed E-state index contributed by atoms with van der Waals surface area (Å²) in [6.07, 6.45) is 0. The van der Waals surface area contributed by atoms with Crippen LogP contribution in [0.1, 0.15) is 0 Å². The van der Waals surface area contributed by atoms with Crippen LogP contribution in [0.15, 0.2) is 36.4 Å². The minimum absolute atomic E-state index is 0.186. The summed E-state index contributed by atoms with van der Waals surface area (Å²) in [5.74, 6) is 1.04. The summed E-state index contributed by atoms with van der Waals surface area (Å²) >= 11 is 0. The molecule has 2 aromatic rings. The second kappa shape index (κ2) is 12.7. The van der Waals surface area contributed by atoms with Crippen molar-refractivity contribution in [1.29, 1.82) is 0 Å². The van der Waals surface area contributed by atoms with Crippen LogP contribution in [0.3, 0.4) is 0 Å². The third-order valence-corrected chi connectivity index (χ3v) is 4.47. The van der Waals surface area contributed by atoms with Crippen molar-refractivity contribution in [2.45, 2.75) is 0 Å². The molecule has 0 atom stereocenters. The summed E-state index contributed by atoms with van der Waals surface area (Å²) in [4.78, 5) is 0. The van der Waals surface area contributed by atoms with Crippen molar-refractivity contribution >= 4 is 25.2 Å². The largest absolute Gasteiger partial charge is 0.488 e. The molecule has 1 aliphatic heterocycles. The van der Waals surface area contributed by atoms with Crippen molar-refractivity contribution in [3.63, 3.8) is 0 Å². The zero-order valence-corrected chi connectivity index (χ0v) is 17.5. The molecule has 2 aromatic carbocycles. The molecular weight excluding hydrogens is 422 g/mol. The summed E-state index contributed by atoms with van der Waals surface area (Å²) in [6, 6.07) is 8.92. The minimum atomic E-state index is -1.71. The molecule has 4 N–H and O–H groups in total. The molecule has 0 aromatic heterocycles. The SMILES string of the molecule is OB(O)c1ccc2c(c1)Oc1cc(B(O)O)ccc1OCCOCCOCCOCCO2. The second-order valence-electron chi connectivity index (χ2n) is 6.80. The number of ether oxygens (including phenoxy) is 6. The molecule has 0 saturated carbocycles. The Morgan fingerprint density at radius 3 is 1.25 bits per heavy atom. The molecule has 3 rings (SSSR count). The highest BCUT2D eigenvalue weighted by Gasteiger charge is 2.19. The van der Waals surface area contributed by atoms with Crippen LogP contribution in [0.5, 0.6) is 23.0 Å². The summed E-state index contributed by atoms with van der Waals surface area (Å²) in [7, 11) is -3.42. The van der Waals surface area contributed by atoms with E-state index in [1.54, 1.807) is 12.1 Å². The van der Waals surface area contributed by atoms with Gasteiger partial charge in [0.25, 0.3) is 0 Å². The maximum Gasteiger partial charge on any atom is 0.488 e. The average molecular weight is 448 g/mol. The summed E-state index contributed by atoms with van der Waals surface area (Å²) in [6.45, 7) is 2.75. The molecule has 0 radical (unpaired) electrons. The lowest BCUT2D eigenvalue weighted by molar-refractivity contribution is 0.00457. The lowest BCUT2D eigenvalue weighted by Crippen LogP contribution is -2.30. The van der Waals surface area contributed by atoms with Crippen LogP contribution in [0, 0.1) is 0 Å². The molecule has 172 valence electrons. The Balaban J connectivity index is 1.89. The lowest BCUT2D eigenvalue weighted by atomic mass is 9.80. The molecule has 12 heteroatoms. The van der Waals surface area contributed by atoms with E-state index >= 15 is 0 Å². The maximum absolute atomic E-state index is 9.54. The number of fused-ring (bicyclic) bond motifs is 2. The summed E-state index contributed by atoms with van der Waals surface area (Å²) < 4.78 is 33.8. The summed E-state index contributed by atoms with van der Waals surface area (Å²) in [5.41, 5.74) is 0.384. The molecule has 0 aliphatic carbocycles. The third kappa shape index (κ3) is 7.38. The minimum Gasteiger partial charge on any atom is -0.487 e. The number of hydrogen-bond donors (Lipinski definition) is 4. The van der Waals surface area contributed by atoms with E-state index in [-0.39, 0.29) is 35.6 Å². The van der Waals surface area contributed by atoms with E-state index < -0.39 is 14.2 Å². The summed E-state index contributed by atoms with van der Waals surface area (Å²) in [5, 5.41) is 38.2. The third-order valence-electron chi connectivity index (χ3n) is 4.47. The molecule has 0 spiro atoms. The molecule has 0 saturated heterocycles. The van der Waals surface area contributed by atoms with Crippen LogP contribution < -0.4 is 25.1 Å². The lowest BCUT2D eigenvalue weighted by Gasteiger charge is -2.18. The fraction of sp³-hybridized carbons (Fsp3) is 0.400. The van der Waals surface area contributed by atoms with Gasteiger partial charge in [0, 0.05) is 0 Å². The van der Waals surface area contributed by atoms with E-state index in [2.05, 4.69) is 0 Å². The number of benzene rings is 2. The van der Waals surface area contributed by atoms with Gasteiger partial charge >= 0.3 is 14.2 Å². The Morgan fingerprint density at radius 1 is 0.500 bits per heavy atom. The maximum atomic E-state index is 9.54. The normalized spacial score (nSPS) is 16.1. The monoisotopic (exact) mass is 448 g/mol. The molecule has 1 heterocycles. The number of hydrogen-bond acceptors (Lipinski definition) is 10. The standard InChI is InChI=1S/C20H26B2O10/c23-21(24)15-1-3-17-19(13-15)32-20-14-16(22(25)26)2-4-18(20)31-12-10-29-8-6-27-5-7-28-9-11-30-17/h1-4,13-14,23-26H,5-12H2. The van der Waals surface area contributed by atoms with E-state index in [1.165, 1.54) is 24.3 Å². The van der Waals surface area contributed by atoms with Crippen LogP contribution in [0.25, 0.3) is 0 Å². The van der Waals surface area contributed by atoms with Gasteiger partial charge in [-0.05, 0) is 35.2 Å². The topological polar surface area (TPSA) is 136 Å². The van der Waals surface area contributed by atoms with E-state index in [9.17, 15) is 20.1 Å². The zero-order chi connectivity index (χ0) is 22.8. The van der Waals surface area contributed by atoms with Crippen LogP contribution in [0.4, 0.5) is 0 Å². The zero-order valence-electron chi connectivity index (χ0n) is 17.5. The Morgan fingerprint density at radius 2 is 0.875 bits per heavy atom. The fourth-order valence-corrected chi connectivity index (χ4v) is 2.85. The van der Waals surface area contributed by atoms with Crippen molar-refractivity contribution in [2.24, 2.45) is 0 Å². The van der Waals surface area contributed by atoms with E-state index in [1.807, 2.05) is 0 Å². The highest BCUT2D eigenvalue weighted by molar-refractivity contribution is 6.59. The van der Waals surface area contributed by atoms with Gasteiger partial charge in [-0.25, -0.2) is 0 Å². The van der Waals surface area contributed by atoms with Crippen LogP contribution >= 0.6 is 0 Å². The van der Waals surface area contributed by atoms with Gasteiger partial charge < -0.3 is 48.5 Å². The molecule has 0 amide bonds. The van der Waals surface area contributed by atoms with Gasteiger partial charge in [-0.15, -0.1) is 0 Å². The van der Waals surface area contributed by atoms with Crippen LogP contribution in [-0.4, -0.2) is 87.2 Å². The Kier molecular flexibility index (Phi) is 9.62. The van der Waals surface area contributed by atoms with Crippen LogP contribution in [0.2, 0.25) is 0 Å². The van der Waals surface area contributed by atoms with Crippen molar-refractivity contribution < 1.29 is 48.5 Å². The Hall–Kier alpha value is -2.31. The van der Waals surface area contributed by atoms with Gasteiger partial charge in [-0.1, -0.05) is 12.1 Å². The Bertz CT molecular complexity index is 782. The molecule has 10 nitrogen and oxygen atoms in total. The molecule has 0 bridgehead atoms. The second-order valence-corrected chi connectivity index (χ2v) is 6.80. The highest BCUT2D eigenvalue weighted by Crippen LogP contribution is 2.35. The molecule has 0 fully saturated rings. The van der Waals surface area contributed by atoms with Crippen molar-refractivity contribution in [3.05, 3.63) is 36.4 Å². The molecule has 0 unspecified atom stereocenters. The first kappa shape index (κ1) is 24.3. The van der Waals surface area contributed by atoms with Gasteiger partial charge in [0.2, 0.25) is 0 Å². The molecular formula is C20H26B2O10. The van der Waals surface area contributed by atoms with Crippen molar-refractivity contribution in [3.8, 4) is 23.0 Å². The van der Waals surface area contributed by atoms with Crippen molar-refractivity contribution in [2.75, 3.05) is 52.9 Å². The smallest absolute Gasteiger partial charge is 0.487 e. The van der Waals surface area contributed by atoms with E-state index in [0.29, 0.717) is 51.1 Å². The van der Waals surface area contributed by atoms with Crippen molar-refractivity contribution in [1.82, 2.24) is 0 Å². The van der Waals surface area contributed by atoms with E-state index in [0.717, 1.165) is 0 Å². The average Bonchev–Trinajstić information content (AvgIpc) is 2.77. The van der Waals surface area contributed by atoms with Gasteiger partial charge in [-0.3, -0.25) is 0 Å². The van der Waals surface area contributed by atoms with Crippen LogP contribution in [-0.2, 0) is 14.2 Å². The van der Waals surface area contributed by atoms with E-state index in [4.69, 9.17) is 28.4 Å². The predicted octanol–water partition coefficient (Wildman–Crippen LogP) is -1.34. The first-order chi connectivity index (χ1) is 15.5. The predicted molar refractivity (Wildman–Crippen MR) is 116 cm³/mol. The first-order valence-electron chi connectivity index (χ1n) is 10.2. The molecule has 32 heavy (non-hydrogen) atoms. The fourth-order valence-electron chi connectivity index (χ4n) is 2.85. The number of rotatable bonds is 2. The van der Waals surface area contributed by atoms with Gasteiger partial charge in [0.05, 0.1) is 39.6 Å². The van der Waals surface area contributed by atoms with Gasteiger partial charge in [-0.2, -0.15) is 0 Å².